The zero-order valence-electron chi connectivity index (χ0n) is 23.3. The number of alkyl halides is 2. The van der Waals surface area contributed by atoms with Crippen LogP contribution in [-0.2, 0) is 14.9 Å². The molecule has 1 aliphatic heterocycles. The Morgan fingerprint density at radius 1 is 0.976 bits per heavy atom. The second kappa shape index (κ2) is 9.66. The lowest BCUT2D eigenvalue weighted by atomic mass is 9.76. The van der Waals surface area contributed by atoms with E-state index in [4.69, 9.17) is 9.15 Å². The van der Waals surface area contributed by atoms with E-state index in [1.54, 1.807) is 6.07 Å². The van der Waals surface area contributed by atoms with E-state index in [-0.39, 0.29) is 24.0 Å². The number of nitrogens with one attached hydrogen (secondary N) is 1. The third kappa shape index (κ3) is 4.68. The van der Waals surface area contributed by atoms with Crippen LogP contribution < -0.4 is 5.32 Å². The second-order valence-electron chi connectivity index (χ2n) is 12.0. The molecule has 2 aromatic carbocycles. The van der Waals surface area contributed by atoms with Gasteiger partial charge in [0.25, 0.3) is 5.91 Å². The third-order valence-electron chi connectivity index (χ3n) is 9.49. The molecule has 41 heavy (non-hydrogen) atoms. The number of nitriles is 1. The Bertz CT molecular complexity index is 1530. The van der Waals surface area contributed by atoms with Crippen LogP contribution in [0.1, 0.15) is 68.0 Å². The molecule has 7 nitrogen and oxygen atoms in total. The molecule has 0 atom stereocenters. The number of hydrogen-bond acceptors (Lipinski definition) is 5. The number of furan rings is 1. The normalized spacial score (nSPS) is 21.3. The molecule has 2 heterocycles. The zero-order chi connectivity index (χ0) is 29.0. The standard InChI is InChI=1S/C32H33F2N3O4/c1-3-29(19-40-20-29)24-8-6-21(7-9-24)22-4-5-23-17-26(41-25(23)16-22)27(38)37(2)31(12-14-32(33,34)15-13-31)28(39)36-30(18-35)10-11-30/h4-9,16-17H,3,10-15,19-20H2,1-2H3,(H,36,39). The molecule has 0 unspecified atom stereocenters. The number of hydrogen-bond donors (Lipinski definition) is 1. The molecular weight excluding hydrogens is 528 g/mol. The van der Waals surface area contributed by atoms with Gasteiger partial charge in [-0.2, -0.15) is 5.26 Å². The largest absolute Gasteiger partial charge is 0.451 e. The first-order valence-corrected chi connectivity index (χ1v) is 14.2. The molecule has 2 saturated carbocycles. The van der Waals surface area contributed by atoms with Crippen molar-refractivity contribution >= 4 is 22.8 Å². The number of halogens is 2. The highest BCUT2D eigenvalue weighted by Crippen LogP contribution is 2.44. The lowest BCUT2D eigenvalue weighted by Crippen LogP contribution is -2.63. The van der Waals surface area contributed by atoms with Crippen LogP contribution in [0.15, 0.2) is 52.9 Å². The van der Waals surface area contributed by atoms with E-state index in [2.05, 4.69) is 42.6 Å². The van der Waals surface area contributed by atoms with E-state index in [9.17, 15) is 23.6 Å². The fourth-order valence-corrected chi connectivity index (χ4v) is 6.08. The molecule has 3 fully saturated rings. The van der Waals surface area contributed by atoms with Gasteiger partial charge in [-0.3, -0.25) is 9.59 Å². The van der Waals surface area contributed by atoms with Gasteiger partial charge < -0.3 is 19.4 Å². The third-order valence-corrected chi connectivity index (χ3v) is 9.49. The van der Waals surface area contributed by atoms with Crippen LogP contribution in [0.5, 0.6) is 0 Å². The van der Waals surface area contributed by atoms with Crippen molar-refractivity contribution in [3.05, 3.63) is 59.9 Å². The number of carbonyl (C=O) groups excluding carboxylic acids is 2. The first-order valence-electron chi connectivity index (χ1n) is 14.2. The molecule has 214 valence electrons. The highest BCUT2D eigenvalue weighted by atomic mass is 19.3. The summed E-state index contributed by atoms with van der Waals surface area (Å²) in [5.74, 6) is -4.02. The Balaban J connectivity index is 1.26. The highest BCUT2D eigenvalue weighted by Gasteiger charge is 2.55. The number of fused-ring (bicyclic) bond motifs is 1. The van der Waals surface area contributed by atoms with Gasteiger partial charge in [-0.1, -0.05) is 43.3 Å². The van der Waals surface area contributed by atoms with Crippen molar-refractivity contribution in [2.24, 2.45) is 0 Å². The minimum absolute atomic E-state index is 0.0239. The molecule has 2 aliphatic carbocycles. The fraction of sp³-hybridized carbons (Fsp3) is 0.469. The summed E-state index contributed by atoms with van der Waals surface area (Å²) in [5, 5.41) is 12.9. The summed E-state index contributed by atoms with van der Waals surface area (Å²) in [5.41, 5.74) is 1.30. The first kappa shape index (κ1) is 27.4. The van der Waals surface area contributed by atoms with Crippen molar-refractivity contribution in [1.29, 1.82) is 5.26 Å². The Morgan fingerprint density at radius 2 is 1.63 bits per heavy atom. The lowest BCUT2D eigenvalue weighted by Gasteiger charge is -2.44. The van der Waals surface area contributed by atoms with Gasteiger partial charge in [-0.15, -0.1) is 0 Å². The summed E-state index contributed by atoms with van der Waals surface area (Å²) in [7, 11) is 1.45. The van der Waals surface area contributed by atoms with Gasteiger partial charge in [-0.05, 0) is 60.9 Å². The van der Waals surface area contributed by atoms with Gasteiger partial charge in [-0.25, -0.2) is 8.78 Å². The van der Waals surface area contributed by atoms with E-state index in [0.717, 1.165) is 30.8 Å². The minimum atomic E-state index is -2.91. The van der Waals surface area contributed by atoms with Crippen LogP contribution >= 0.6 is 0 Å². The van der Waals surface area contributed by atoms with Gasteiger partial charge in [0.15, 0.2) is 5.76 Å². The molecule has 1 saturated heterocycles. The van der Waals surface area contributed by atoms with E-state index in [1.807, 2.05) is 18.2 Å². The SMILES string of the molecule is CCC1(c2ccc(-c3ccc4cc(C(=O)N(C)C5(C(=O)NC6(C#N)CC6)CCC(F)(F)CC5)oc4c3)cc2)COC1. The van der Waals surface area contributed by atoms with Gasteiger partial charge >= 0.3 is 0 Å². The van der Waals surface area contributed by atoms with Crippen molar-refractivity contribution in [2.45, 2.75) is 74.3 Å². The first-order chi connectivity index (χ1) is 19.5. The quantitative estimate of drug-likeness (QED) is 0.384. The number of amides is 2. The van der Waals surface area contributed by atoms with Crippen molar-refractivity contribution in [2.75, 3.05) is 20.3 Å². The smallest absolute Gasteiger partial charge is 0.290 e. The predicted molar refractivity (Wildman–Crippen MR) is 148 cm³/mol. The topological polar surface area (TPSA) is 95.6 Å². The number of benzene rings is 2. The molecular formula is C32H33F2N3O4. The average Bonchev–Trinajstić information content (AvgIpc) is 3.59. The maximum absolute atomic E-state index is 14.1. The van der Waals surface area contributed by atoms with Crippen LogP contribution in [-0.4, -0.2) is 54.0 Å². The highest BCUT2D eigenvalue weighted by molar-refractivity contribution is 6.00. The predicted octanol–water partition coefficient (Wildman–Crippen LogP) is 5.97. The zero-order valence-corrected chi connectivity index (χ0v) is 23.3. The van der Waals surface area contributed by atoms with Crippen LogP contribution in [0.25, 0.3) is 22.1 Å². The number of ether oxygens (including phenoxy) is 1. The summed E-state index contributed by atoms with van der Waals surface area (Å²) in [6.07, 6.45) is 0.561. The maximum Gasteiger partial charge on any atom is 0.290 e. The molecule has 3 aliphatic rings. The summed E-state index contributed by atoms with van der Waals surface area (Å²) < 4.78 is 39.7. The Hall–Kier alpha value is -3.77. The van der Waals surface area contributed by atoms with E-state index >= 15 is 0 Å². The van der Waals surface area contributed by atoms with Crippen molar-refractivity contribution in [3.8, 4) is 17.2 Å². The molecule has 2 amide bonds. The number of rotatable bonds is 7. The lowest BCUT2D eigenvalue weighted by molar-refractivity contribution is -0.140. The van der Waals surface area contributed by atoms with Gasteiger partial charge in [0.2, 0.25) is 11.8 Å². The number of carbonyl (C=O) groups is 2. The monoisotopic (exact) mass is 561 g/mol. The molecule has 1 N–H and O–H groups in total. The van der Waals surface area contributed by atoms with E-state index < -0.39 is 41.7 Å². The van der Waals surface area contributed by atoms with Crippen LogP contribution in [0.3, 0.4) is 0 Å². The molecule has 6 rings (SSSR count). The molecule has 1 aromatic heterocycles. The molecule has 9 heteroatoms. The Labute approximate surface area is 237 Å². The number of likely N-dealkylation sites (N-methyl/N-ethyl adjacent to an activating group) is 1. The molecule has 0 bridgehead atoms. The van der Waals surface area contributed by atoms with Gasteiger partial charge in [0.05, 0.1) is 19.3 Å². The van der Waals surface area contributed by atoms with Crippen molar-refractivity contribution < 1.29 is 27.5 Å². The molecule has 0 spiro atoms. The Kier molecular flexibility index (Phi) is 6.46. The van der Waals surface area contributed by atoms with E-state index in [1.165, 1.54) is 17.5 Å². The van der Waals surface area contributed by atoms with Crippen LogP contribution in [0, 0.1) is 11.3 Å². The molecule has 3 aromatic rings. The minimum Gasteiger partial charge on any atom is -0.451 e. The molecule has 0 radical (unpaired) electrons. The average molecular weight is 562 g/mol. The van der Waals surface area contributed by atoms with Crippen LogP contribution in [0.2, 0.25) is 0 Å². The number of nitrogens with zero attached hydrogens (tertiary/aromatic N) is 2. The van der Waals surface area contributed by atoms with Crippen molar-refractivity contribution in [1.82, 2.24) is 10.2 Å². The van der Waals surface area contributed by atoms with Crippen LogP contribution in [0.4, 0.5) is 8.78 Å². The van der Waals surface area contributed by atoms with Gasteiger partial charge in [0, 0.05) is 30.7 Å². The van der Waals surface area contributed by atoms with Gasteiger partial charge in [0.1, 0.15) is 16.7 Å². The van der Waals surface area contributed by atoms with Crippen molar-refractivity contribution in [3.63, 3.8) is 0 Å². The Morgan fingerprint density at radius 3 is 2.20 bits per heavy atom. The summed E-state index contributed by atoms with van der Waals surface area (Å²) in [4.78, 5) is 28.4. The fourth-order valence-electron chi connectivity index (χ4n) is 6.08. The second-order valence-corrected chi connectivity index (χ2v) is 12.0. The maximum atomic E-state index is 14.1. The summed E-state index contributed by atoms with van der Waals surface area (Å²) >= 11 is 0. The summed E-state index contributed by atoms with van der Waals surface area (Å²) in [6.45, 7) is 3.64. The summed E-state index contributed by atoms with van der Waals surface area (Å²) in [6, 6.07) is 17.8. The van der Waals surface area contributed by atoms with E-state index in [0.29, 0.717) is 23.8 Å².